The summed E-state index contributed by atoms with van der Waals surface area (Å²) in [7, 11) is 1.73. The van der Waals surface area contributed by atoms with Crippen molar-refractivity contribution in [3.8, 4) is 0 Å². The van der Waals surface area contributed by atoms with Crippen LogP contribution in [0.1, 0.15) is 129 Å². The number of nitrogens with zero attached hydrogens (tertiary/aromatic N) is 1. The molecule has 1 aliphatic heterocycles. The Balaban J connectivity index is 2.00. The second-order valence-corrected chi connectivity index (χ2v) is 15.0. The van der Waals surface area contributed by atoms with Crippen LogP contribution in [0.2, 0.25) is 0 Å². The molecule has 0 aromatic heterocycles. The molecule has 0 radical (unpaired) electrons. The van der Waals surface area contributed by atoms with Crippen LogP contribution in [-0.4, -0.2) is 69.6 Å². The highest BCUT2D eigenvalue weighted by atomic mass is 32.2. The van der Waals surface area contributed by atoms with Gasteiger partial charge in [-0.15, -0.1) is 0 Å². The minimum atomic E-state index is -4.30. The highest BCUT2D eigenvalue weighted by molar-refractivity contribution is 7.99. The van der Waals surface area contributed by atoms with Crippen LogP contribution < -0.4 is 4.89 Å². The van der Waals surface area contributed by atoms with Crippen LogP contribution in [0.25, 0.3) is 0 Å². The fraction of sp³-hybridized carbons (Fsp3) is 1.00. The normalized spacial score (nSPS) is 20.0. The Morgan fingerprint density at radius 3 is 1.90 bits per heavy atom. The molecule has 1 aliphatic rings. The minimum Gasteiger partial charge on any atom is -0.756 e. The zero-order chi connectivity index (χ0) is 28.7. The third-order valence-corrected chi connectivity index (χ3v) is 10.3. The first-order chi connectivity index (χ1) is 18.8. The van der Waals surface area contributed by atoms with Crippen molar-refractivity contribution in [2.24, 2.45) is 5.92 Å². The topological polar surface area (TPSA) is 67.8 Å². The molecule has 3 unspecified atom stereocenters. The molecule has 0 aromatic carbocycles. The van der Waals surface area contributed by atoms with Crippen molar-refractivity contribution in [3.05, 3.63) is 0 Å². The van der Waals surface area contributed by atoms with Crippen molar-refractivity contribution in [1.82, 2.24) is 0 Å². The van der Waals surface area contributed by atoms with Crippen LogP contribution in [0.4, 0.5) is 0 Å². The summed E-state index contributed by atoms with van der Waals surface area (Å²) < 4.78 is 29.4. The quantitative estimate of drug-likeness (QED) is 0.0570. The van der Waals surface area contributed by atoms with Gasteiger partial charge in [-0.2, -0.15) is 11.8 Å². The predicted molar refractivity (Wildman–Crippen MR) is 166 cm³/mol. The second-order valence-electron chi connectivity index (χ2n) is 12.5. The first-order valence-electron chi connectivity index (χ1n) is 16.3. The molecule has 8 heteroatoms. The van der Waals surface area contributed by atoms with E-state index in [1.54, 1.807) is 7.11 Å². The summed E-state index contributed by atoms with van der Waals surface area (Å²) in [5.41, 5.74) is 0. The van der Waals surface area contributed by atoms with E-state index in [4.69, 9.17) is 13.8 Å². The maximum Gasteiger partial charge on any atom is 0.268 e. The number of ether oxygens (including phenoxy) is 1. The van der Waals surface area contributed by atoms with Gasteiger partial charge in [-0.1, -0.05) is 103 Å². The Hall–Kier alpha value is 0.380. The van der Waals surface area contributed by atoms with Crippen molar-refractivity contribution in [1.29, 1.82) is 0 Å². The van der Waals surface area contributed by atoms with E-state index in [9.17, 15) is 9.46 Å². The van der Waals surface area contributed by atoms with Crippen LogP contribution in [0.3, 0.4) is 0 Å². The third kappa shape index (κ3) is 22.6. The lowest BCUT2D eigenvalue weighted by atomic mass is 10.0. The molecule has 0 N–H and O–H groups in total. The SMILES string of the molecule is CCCCCCCCCCCCCCCCCCSCC(COC)COP(=O)([O-])OC1CCC[N+](C)(C)CC1. The molecule has 0 amide bonds. The van der Waals surface area contributed by atoms with Gasteiger partial charge < -0.3 is 23.2 Å². The number of phosphoric ester groups is 1. The van der Waals surface area contributed by atoms with E-state index < -0.39 is 7.82 Å². The predicted octanol–water partition coefficient (Wildman–Crippen LogP) is 8.37. The highest BCUT2D eigenvalue weighted by Crippen LogP contribution is 2.42. The van der Waals surface area contributed by atoms with Crippen LogP contribution in [-0.2, 0) is 18.3 Å². The molecule has 6 nitrogen and oxygen atoms in total. The molecule has 0 bridgehead atoms. The summed E-state index contributed by atoms with van der Waals surface area (Å²) in [4.78, 5) is 12.5. The summed E-state index contributed by atoms with van der Waals surface area (Å²) in [6.45, 7) is 4.89. The number of quaternary nitrogens is 1. The van der Waals surface area contributed by atoms with E-state index in [0.29, 0.717) is 6.61 Å². The third-order valence-electron chi connectivity index (χ3n) is 7.99. The van der Waals surface area contributed by atoms with Crippen molar-refractivity contribution in [2.45, 2.75) is 135 Å². The smallest absolute Gasteiger partial charge is 0.268 e. The van der Waals surface area contributed by atoms with Crippen LogP contribution >= 0.6 is 19.6 Å². The van der Waals surface area contributed by atoms with E-state index in [1.807, 2.05) is 11.8 Å². The molecule has 1 saturated heterocycles. The van der Waals surface area contributed by atoms with Gasteiger partial charge in [-0.3, -0.25) is 4.57 Å². The monoisotopic (exact) mass is 593 g/mol. The van der Waals surface area contributed by atoms with Gasteiger partial charge in [0, 0.05) is 25.2 Å². The van der Waals surface area contributed by atoms with Gasteiger partial charge in [0.25, 0.3) is 7.82 Å². The second kappa shape index (κ2) is 23.9. The van der Waals surface area contributed by atoms with Crippen LogP contribution in [0.15, 0.2) is 0 Å². The summed E-state index contributed by atoms with van der Waals surface area (Å²) in [5, 5.41) is 0. The summed E-state index contributed by atoms with van der Waals surface area (Å²) in [6, 6.07) is 0. The zero-order valence-electron chi connectivity index (χ0n) is 26.2. The lowest BCUT2D eigenvalue weighted by molar-refractivity contribution is -0.889. The number of rotatable bonds is 26. The molecule has 1 rings (SSSR count). The van der Waals surface area contributed by atoms with Gasteiger partial charge in [-0.25, -0.2) is 0 Å². The molecule has 39 heavy (non-hydrogen) atoms. The number of hydrogen-bond donors (Lipinski definition) is 0. The number of likely N-dealkylation sites (tertiary alicyclic amines) is 1. The molecule has 0 aromatic rings. The van der Waals surface area contributed by atoms with E-state index in [-0.39, 0.29) is 18.6 Å². The van der Waals surface area contributed by atoms with Gasteiger partial charge in [-0.05, 0) is 25.0 Å². The molecule has 0 spiro atoms. The van der Waals surface area contributed by atoms with E-state index in [1.165, 1.54) is 103 Å². The lowest BCUT2D eigenvalue weighted by Crippen LogP contribution is -2.40. The molecular weight excluding hydrogens is 529 g/mol. The first-order valence-corrected chi connectivity index (χ1v) is 18.9. The standard InChI is InChI=1S/C31H64NO5PS/c1-5-6-7-8-9-10-11-12-13-14-15-16-17-18-19-20-26-39-29-30(27-35-4)28-36-38(33,34)37-31-22-21-24-32(2,3)25-23-31/h30-31H,5-29H2,1-4H3. The van der Waals surface area contributed by atoms with Crippen LogP contribution in [0, 0.1) is 5.92 Å². The van der Waals surface area contributed by atoms with Gasteiger partial charge in [0.2, 0.25) is 0 Å². The van der Waals surface area contributed by atoms with E-state index >= 15 is 0 Å². The van der Waals surface area contributed by atoms with Crippen molar-refractivity contribution in [2.75, 3.05) is 59.0 Å². The lowest BCUT2D eigenvalue weighted by Gasteiger charge is -2.30. The largest absolute Gasteiger partial charge is 0.756 e. The Morgan fingerprint density at radius 1 is 0.821 bits per heavy atom. The zero-order valence-corrected chi connectivity index (χ0v) is 27.9. The van der Waals surface area contributed by atoms with Crippen molar-refractivity contribution < 1.29 is 27.7 Å². The number of hydrogen-bond acceptors (Lipinski definition) is 6. The number of unbranched alkanes of at least 4 members (excludes halogenated alkanes) is 15. The average Bonchev–Trinajstić information content (AvgIpc) is 3.06. The maximum absolute atomic E-state index is 12.5. The Kier molecular flexibility index (Phi) is 22.9. The minimum absolute atomic E-state index is 0.0525. The molecule has 3 atom stereocenters. The molecule has 234 valence electrons. The first kappa shape index (κ1) is 37.4. The van der Waals surface area contributed by atoms with Gasteiger partial charge in [0.15, 0.2) is 0 Å². The van der Waals surface area contributed by atoms with Gasteiger partial charge in [0.1, 0.15) is 0 Å². The van der Waals surface area contributed by atoms with Crippen LogP contribution in [0.5, 0.6) is 0 Å². The number of phosphoric acid groups is 1. The summed E-state index contributed by atoms with van der Waals surface area (Å²) in [6.07, 6.45) is 24.4. The van der Waals surface area contributed by atoms with Crippen molar-refractivity contribution >= 4 is 19.6 Å². The highest BCUT2D eigenvalue weighted by Gasteiger charge is 2.27. The van der Waals surface area contributed by atoms with Gasteiger partial charge in [0.05, 0.1) is 46.5 Å². The number of methoxy groups -OCH3 is 1. The molecule has 0 aliphatic carbocycles. The molecular formula is C31H64NO5PS. The maximum atomic E-state index is 12.5. The molecule has 1 fully saturated rings. The summed E-state index contributed by atoms with van der Waals surface area (Å²) in [5.74, 6) is 2.01. The average molecular weight is 594 g/mol. The fourth-order valence-electron chi connectivity index (χ4n) is 5.39. The number of thioether (sulfide) groups is 1. The Morgan fingerprint density at radius 2 is 1.36 bits per heavy atom. The molecule has 0 saturated carbocycles. The van der Waals surface area contributed by atoms with Crippen molar-refractivity contribution in [3.63, 3.8) is 0 Å². The fourth-order valence-corrected chi connectivity index (χ4v) is 7.52. The summed E-state index contributed by atoms with van der Waals surface area (Å²) >= 11 is 1.88. The Bertz CT molecular complexity index is 610. The Labute approximate surface area is 246 Å². The van der Waals surface area contributed by atoms with Gasteiger partial charge >= 0.3 is 0 Å². The van der Waals surface area contributed by atoms with E-state index in [2.05, 4.69) is 21.0 Å². The van der Waals surface area contributed by atoms with E-state index in [0.717, 1.165) is 48.3 Å². The molecule has 1 heterocycles.